The average molecular weight is 382 g/mol. The van der Waals surface area contributed by atoms with Gasteiger partial charge < -0.3 is 5.73 Å². The number of rotatable bonds is 5. The van der Waals surface area contributed by atoms with E-state index in [-0.39, 0.29) is 0 Å². The molecule has 1 heteroatoms. The Morgan fingerprint density at radius 2 is 1.90 bits per heavy atom. The van der Waals surface area contributed by atoms with Gasteiger partial charge in [-0.3, -0.25) is 0 Å². The molecule has 2 aliphatic rings. The van der Waals surface area contributed by atoms with Crippen LogP contribution in [0.2, 0.25) is 0 Å². The second-order valence-electron chi connectivity index (χ2n) is 7.35. The topological polar surface area (TPSA) is 26.0 Å². The summed E-state index contributed by atoms with van der Waals surface area (Å²) >= 11 is 0. The molecule has 1 aromatic rings. The average Bonchev–Trinajstić information content (AvgIpc) is 2.76. The molecule has 0 atom stereocenters. The second kappa shape index (κ2) is 11.6. The van der Waals surface area contributed by atoms with Crippen molar-refractivity contribution < 1.29 is 0 Å². The van der Waals surface area contributed by atoms with Gasteiger partial charge in [0.1, 0.15) is 0 Å². The van der Waals surface area contributed by atoms with Crippen LogP contribution < -0.4 is 5.73 Å². The number of nitrogens with two attached hydrogens (primary N) is 1. The van der Waals surface area contributed by atoms with Gasteiger partial charge >= 0.3 is 0 Å². The number of hydrogen-bond acceptors (Lipinski definition) is 1. The molecule has 29 heavy (non-hydrogen) atoms. The molecule has 2 N–H and O–H groups in total. The minimum absolute atomic E-state index is 0.805. The van der Waals surface area contributed by atoms with Crippen molar-refractivity contribution in [3.05, 3.63) is 112 Å². The van der Waals surface area contributed by atoms with E-state index in [9.17, 15) is 0 Å². The normalized spacial score (nSPS) is 18.0. The quantitative estimate of drug-likeness (QED) is 0.548. The van der Waals surface area contributed by atoms with E-state index in [0.29, 0.717) is 0 Å². The van der Waals surface area contributed by atoms with Crippen LogP contribution in [-0.4, -0.2) is 0 Å². The van der Waals surface area contributed by atoms with Gasteiger partial charge in [0.15, 0.2) is 0 Å². The number of allylic oxidation sites excluding steroid dienone is 13. The SMILES string of the molecule is C#C.C/C(=C\C=C1\C=CC(/C=C\CC2=CC=CCC2)=C(N)C1)c1ccc(C)cc1. The number of terminal acetylenes is 1. The van der Waals surface area contributed by atoms with Crippen molar-refractivity contribution in [1.29, 1.82) is 0 Å². The van der Waals surface area contributed by atoms with Crippen molar-refractivity contribution in [2.24, 2.45) is 5.73 Å². The smallest absolute Gasteiger partial charge is 0.0198 e. The Balaban J connectivity index is 0.00000145. The van der Waals surface area contributed by atoms with Crippen LogP contribution in [0.25, 0.3) is 5.57 Å². The molecule has 0 aromatic heterocycles. The zero-order valence-corrected chi connectivity index (χ0v) is 17.6. The molecule has 0 aliphatic heterocycles. The fraction of sp³-hybridized carbons (Fsp3) is 0.214. The van der Waals surface area contributed by atoms with Gasteiger partial charge in [0.2, 0.25) is 0 Å². The number of hydrogen-bond donors (Lipinski definition) is 1. The molecule has 0 radical (unpaired) electrons. The van der Waals surface area contributed by atoms with Crippen LogP contribution in [0, 0.1) is 19.8 Å². The van der Waals surface area contributed by atoms with Crippen LogP contribution in [0.3, 0.4) is 0 Å². The van der Waals surface area contributed by atoms with Gasteiger partial charge in [-0.1, -0.05) is 90.1 Å². The van der Waals surface area contributed by atoms with Crippen LogP contribution >= 0.6 is 0 Å². The molecule has 148 valence electrons. The van der Waals surface area contributed by atoms with Gasteiger partial charge in [-0.25, -0.2) is 0 Å². The fourth-order valence-electron chi connectivity index (χ4n) is 3.27. The Bertz CT molecular complexity index is 922. The highest BCUT2D eigenvalue weighted by atomic mass is 14.6. The van der Waals surface area contributed by atoms with E-state index in [0.717, 1.165) is 30.5 Å². The van der Waals surface area contributed by atoms with Crippen molar-refractivity contribution >= 4 is 5.57 Å². The summed E-state index contributed by atoms with van der Waals surface area (Å²) in [6.07, 6.45) is 31.8. The molecule has 0 saturated heterocycles. The predicted molar refractivity (Wildman–Crippen MR) is 128 cm³/mol. The lowest BCUT2D eigenvalue weighted by Gasteiger charge is -2.12. The first kappa shape index (κ1) is 22.1. The maximum atomic E-state index is 6.31. The zero-order valence-electron chi connectivity index (χ0n) is 17.6. The van der Waals surface area contributed by atoms with Gasteiger partial charge in [-0.15, -0.1) is 12.8 Å². The first-order valence-corrected chi connectivity index (χ1v) is 10.1. The molecule has 0 heterocycles. The molecular weight excluding hydrogens is 350 g/mol. The Morgan fingerprint density at radius 3 is 2.55 bits per heavy atom. The lowest BCUT2D eigenvalue weighted by molar-refractivity contribution is 0.924. The monoisotopic (exact) mass is 381 g/mol. The molecule has 0 fully saturated rings. The largest absolute Gasteiger partial charge is 0.401 e. The maximum absolute atomic E-state index is 6.31. The summed E-state index contributed by atoms with van der Waals surface area (Å²) in [5.74, 6) is 0. The molecule has 0 amide bonds. The minimum atomic E-state index is 0.805. The molecular formula is C28H31N. The summed E-state index contributed by atoms with van der Waals surface area (Å²) < 4.78 is 0. The highest BCUT2D eigenvalue weighted by molar-refractivity contribution is 5.66. The van der Waals surface area contributed by atoms with Gasteiger partial charge in [0.05, 0.1) is 0 Å². The number of aryl methyl sites for hydroxylation is 1. The van der Waals surface area contributed by atoms with Crippen molar-refractivity contribution in [3.8, 4) is 12.8 Å². The van der Waals surface area contributed by atoms with Crippen LogP contribution in [0.1, 0.15) is 43.7 Å². The van der Waals surface area contributed by atoms with Crippen LogP contribution in [0.15, 0.2) is 101 Å². The van der Waals surface area contributed by atoms with Crippen molar-refractivity contribution in [3.63, 3.8) is 0 Å². The molecule has 0 spiro atoms. The highest BCUT2D eigenvalue weighted by Crippen LogP contribution is 2.23. The lowest BCUT2D eigenvalue weighted by Crippen LogP contribution is -2.05. The van der Waals surface area contributed by atoms with E-state index in [1.54, 1.807) is 0 Å². The first-order chi connectivity index (χ1) is 14.1. The maximum Gasteiger partial charge on any atom is 0.0198 e. The fourth-order valence-corrected chi connectivity index (χ4v) is 3.27. The van der Waals surface area contributed by atoms with E-state index in [2.05, 4.69) is 106 Å². The molecule has 0 bridgehead atoms. The Morgan fingerprint density at radius 1 is 1.14 bits per heavy atom. The Kier molecular flexibility index (Phi) is 8.80. The van der Waals surface area contributed by atoms with E-state index in [1.807, 2.05) is 0 Å². The summed E-state index contributed by atoms with van der Waals surface area (Å²) in [5, 5.41) is 0. The van der Waals surface area contributed by atoms with E-state index in [4.69, 9.17) is 5.73 Å². The third-order valence-corrected chi connectivity index (χ3v) is 5.07. The van der Waals surface area contributed by atoms with Gasteiger partial charge in [-0.05, 0) is 55.4 Å². The summed E-state index contributed by atoms with van der Waals surface area (Å²) in [7, 11) is 0. The Hall–Kier alpha value is -3.24. The molecule has 2 aliphatic carbocycles. The molecule has 0 unspecified atom stereocenters. The van der Waals surface area contributed by atoms with Crippen LogP contribution in [0.5, 0.6) is 0 Å². The standard InChI is InChI=1S/C26H29N.C2H2/c1-20-11-16-24(17-12-20)21(2)13-14-23-15-18-25(26(27)19-23)10-6-9-22-7-4-3-5-8-22;1-2/h3-4,6-7,10-18H,5,8-9,19,27H2,1-2H3;1-2H/b10-6-,21-13+,23-14-;. The van der Waals surface area contributed by atoms with Crippen molar-refractivity contribution in [2.45, 2.75) is 39.5 Å². The van der Waals surface area contributed by atoms with Gasteiger partial charge in [0.25, 0.3) is 0 Å². The third kappa shape index (κ3) is 7.01. The first-order valence-electron chi connectivity index (χ1n) is 10.1. The molecule has 1 aromatic carbocycles. The van der Waals surface area contributed by atoms with Gasteiger partial charge in [-0.2, -0.15) is 0 Å². The van der Waals surface area contributed by atoms with Crippen LogP contribution in [0.4, 0.5) is 0 Å². The van der Waals surface area contributed by atoms with Crippen molar-refractivity contribution in [1.82, 2.24) is 0 Å². The number of benzene rings is 1. The molecule has 1 nitrogen and oxygen atoms in total. The Labute approximate surface area is 176 Å². The highest BCUT2D eigenvalue weighted by Gasteiger charge is 2.06. The van der Waals surface area contributed by atoms with E-state index >= 15 is 0 Å². The van der Waals surface area contributed by atoms with E-state index < -0.39 is 0 Å². The van der Waals surface area contributed by atoms with Gasteiger partial charge in [0, 0.05) is 12.1 Å². The summed E-state index contributed by atoms with van der Waals surface area (Å²) in [4.78, 5) is 0. The van der Waals surface area contributed by atoms with Crippen molar-refractivity contribution in [2.75, 3.05) is 0 Å². The molecule has 0 saturated carbocycles. The second-order valence-corrected chi connectivity index (χ2v) is 7.35. The minimum Gasteiger partial charge on any atom is -0.401 e. The summed E-state index contributed by atoms with van der Waals surface area (Å²) in [5.41, 5.74) is 14.9. The predicted octanol–water partition coefficient (Wildman–Crippen LogP) is 6.97. The third-order valence-electron chi connectivity index (χ3n) is 5.07. The lowest BCUT2D eigenvalue weighted by atomic mass is 9.96. The van der Waals surface area contributed by atoms with Crippen LogP contribution in [-0.2, 0) is 0 Å². The summed E-state index contributed by atoms with van der Waals surface area (Å²) in [6.45, 7) is 4.26. The molecule has 3 rings (SSSR count). The van der Waals surface area contributed by atoms with E-state index in [1.165, 1.54) is 34.3 Å². The summed E-state index contributed by atoms with van der Waals surface area (Å²) in [6, 6.07) is 8.65. The zero-order chi connectivity index (χ0) is 21.1.